The third-order valence-electron chi connectivity index (χ3n) is 6.22. The molecule has 0 saturated carbocycles. The van der Waals surface area contributed by atoms with Gasteiger partial charge in [0.2, 0.25) is 0 Å². The second-order valence-corrected chi connectivity index (χ2v) is 8.09. The van der Waals surface area contributed by atoms with Crippen LogP contribution in [0.5, 0.6) is 0 Å². The maximum Gasteiger partial charge on any atom is 0.407 e. The zero-order valence-corrected chi connectivity index (χ0v) is 17.4. The van der Waals surface area contributed by atoms with E-state index in [9.17, 15) is 9.59 Å². The van der Waals surface area contributed by atoms with Crippen LogP contribution in [-0.4, -0.2) is 48.3 Å². The number of urea groups is 1. The molecule has 3 amide bonds. The summed E-state index contributed by atoms with van der Waals surface area (Å²) >= 11 is 0. The molecule has 2 aromatic carbocycles. The molecule has 6 heteroatoms. The van der Waals surface area contributed by atoms with Crippen molar-refractivity contribution >= 4 is 12.1 Å². The highest BCUT2D eigenvalue weighted by atomic mass is 16.6. The summed E-state index contributed by atoms with van der Waals surface area (Å²) < 4.78 is 5.15. The molecule has 1 spiro atoms. The number of piperidine rings is 1. The van der Waals surface area contributed by atoms with Gasteiger partial charge >= 0.3 is 12.1 Å². The Kier molecular flexibility index (Phi) is 5.93. The van der Waals surface area contributed by atoms with Crippen molar-refractivity contribution in [3.63, 3.8) is 0 Å². The summed E-state index contributed by atoms with van der Waals surface area (Å²) in [4.78, 5) is 26.9. The SMILES string of the molecule is CCNC(=O)N1CCCC2(CCOC(=O)N2)C1Cc1cccc(-c2ccccc2)c1. The van der Waals surface area contributed by atoms with E-state index in [-0.39, 0.29) is 18.2 Å². The van der Waals surface area contributed by atoms with Crippen molar-refractivity contribution in [1.29, 1.82) is 0 Å². The third-order valence-corrected chi connectivity index (χ3v) is 6.22. The van der Waals surface area contributed by atoms with Gasteiger partial charge < -0.3 is 20.3 Å². The zero-order valence-electron chi connectivity index (χ0n) is 17.4. The fourth-order valence-electron chi connectivity index (χ4n) is 4.78. The maximum absolute atomic E-state index is 12.9. The number of ether oxygens (including phenoxy) is 1. The first kappa shape index (κ1) is 20.3. The van der Waals surface area contributed by atoms with Gasteiger partial charge in [-0.15, -0.1) is 0 Å². The fourth-order valence-corrected chi connectivity index (χ4v) is 4.78. The molecule has 2 heterocycles. The van der Waals surface area contributed by atoms with Crippen LogP contribution in [-0.2, 0) is 11.2 Å². The minimum absolute atomic E-state index is 0.0680. The summed E-state index contributed by atoms with van der Waals surface area (Å²) in [6, 6.07) is 18.5. The number of nitrogens with zero attached hydrogens (tertiary/aromatic N) is 1. The Labute approximate surface area is 177 Å². The standard InChI is InChI=1S/C24H29N3O3/c1-2-25-22(28)27-14-7-12-24(13-15-30-23(29)26-24)21(27)17-18-8-6-11-20(16-18)19-9-4-3-5-10-19/h3-6,8-11,16,21H,2,7,12-15,17H2,1H3,(H,25,28)(H,26,29). The number of hydrogen-bond donors (Lipinski definition) is 2. The van der Waals surface area contributed by atoms with Gasteiger partial charge in [0.05, 0.1) is 18.2 Å². The van der Waals surface area contributed by atoms with Crippen molar-refractivity contribution in [2.45, 2.75) is 44.2 Å². The molecular formula is C24H29N3O3. The number of benzene rings is 2. The number of likely N-dealkylation sites (tertiary alicyclic amines) is 1. The van der Waals surface area contributed by atoms with Crippen LogP contribution in [0.15, 0.2) is 54.6 Å². The van der Waals surface area contributed by atoms with Crippen LogP contribution >= 0.6 is 0 Å². The second-order valence-electron chi connectivity index (χ2n) is 8.09. The van der Waals surface area contributed by atoms with Gasteiger partial charge in [-0.3, -0.25) is 0 Å². The molecule has 0 aliphatic carbocycles. The van der Waals surface area contributed by atoms with E-state index in [1.165, 1.54) is 0 Å². The molecule has 6 nitrogen and oxygen atoms in total. The fraction of sp³-hybridized carbons (Fsp3) is 0.417. The molecule has 0 radical (unpaired) electrons. The average Bonchev–Trinajstić information content (AvgIpc) is 2.76. The Bertz CT molecular complexity index is 898. The monoisotopic (exact) mass is 407 g/mol. The van der Waals surface area contributed by atoms with Crippen LogP contribution in [0.3, 0.4) is 0 Å². The molecule has 2 saturated heterocycles. The van der Waals surface area contributed by atoms with Crippen molar-refractivity contribution < 1.29 is 14.3 Å². The van der Waals surface area contributed by atoms with Crippen molar-refractivity contribution in [2.24, 2.45) is 0 Å². The summed E-state index contributed by atoms with van der Waals surface area (Å²) in [6.45, 7) is 3.57. The van der Waals surface area contributed by atoms with Gasteiger partial charge in [-0.1, -0.05) is 54.6 Å². The van der Waals surface area contributed by atoms with Crippen LogP contribution in [0, 0.1) is 0 Å². The lowest BCUT2D eigenvalue weighted by Gasteiger charge is -2.51. The van der Waals surface area contributed by atoms with Crippen molar-refractivity contribution in [2.75, 3.05) is 19.7 Å². The van der Waals surface area contributed by atoms with Crippen molar-refractivity contribution in [1.82, 2.24) is 15.5 Å². The summed E-state index contributed by atoms with van der Waals surface area (Å²) in [5.41, 5.74) is 3.01. The summed E-state index contributed by atoms with van der Waals surface area (Å²) in [7, 11) is 0. The Balaban J connectivity index is 1.66. The lowest BCUT2D eigenvalue weighted by molar-refractivity contribution is 0.0176. The van der Waals surface area contributed by atoms with E-state index in [1.807, 2.05) is 30.0 Å². The quantitative estimate of drug-likeness (QED) is 0.806. The number of alkyl carbamates (subject to hydrolysis) is 1. The predicted octanol–water partition coefficient (Wildman–Crippen LogP) is 3.96. The third kappa shape index (κ3) is 4.13. The Morgan fingerprint density at radius 1 is 1.17 bits per heavy atom. The van der Waals surface area contributed by atoms with Gasteiger partial charge in [-0.05, 0) is 42.9 Å². The highest BCUT2D eigenvalue weighted by molar-refractivity contribution is 5.76. The molecular weight excluding hydrogens is 378 g/mol. The van der Waals surface area contributed by atoms with Crippen LogP contribution in [0.4, 0.5) is 9.59 Å². The molecule has 0 bridgehead atoms. The van der Waals surface area contributed by atoms with Gasteiger partial charge in [0, 0.05) is 19.5 Å². The van der Waals surface area contributed by atoms with E-state index in [0.717, 1.165) is 29.5 Å². The first-order valence-electron chi connectivity index (χ1n) is 10.7. The van der Waals surface area contributed by atoms with Gasteiger partial charge in [0.15, 0.2) is 0 Å². The largest absolute Gasteiger partial charge is 0.449 e. The maximum atomic E-state index is 12.9. The zero-order chi connectivity index (χ0) is 21.0. The highest BCUT2D eigenvalue weighted by Crippen LogP contribution is 2.35. The second kappa shape index (κ2) is 8.78. The van der Waals surface area contributed by atoms with Gasteiger partial charge in [-0.2, -0.15) is 0 Å². The molecule has 2 aromatic rings. The van der Waals surface area contributed by atoms with E-state index in [2.05, 4.69) is 47.0 Å². The number of hydrogen-bond acceptors (Lipinski definition) is 3. The van der Waals surface area contributed by atoms with Crippen molar-refractivity contribution in [3.05, 3.63) is 60.2 Å². The summed E-state index contributed by atoms with van der Waals surface area (Å²) in [5.74, 6) is 0. The van der Waals surface area contributed by atoms with E-state index >= 15 is 0 Å². The smallest absolute Gasteiger partial charge is 0.407 e. The molecule has 4 rings (SSSR count). The topological polar surface area (TPSA) is 70.7 Å². The first-order valence-corrected chi connectivity index (χ1v) is 10.7. The minimum Gasteiger partial charge on any atom is -0.449 e. The lowest BCUT2D eigenvalue weighted by atomic mass is 9.75. The van der Waals surface area contributed by atoms with E-state index in [0.29, 0.717) is 32.5 Å². The van der Waals surface area contributed by atoms with Crippen molar-refractivity contribution in [3.8, 4) is 11.1 Å². The average molecular weight is 408 g/mol. The van der Waals surface area contributed by atoms with Gasteiger partial charge in [0.1, 0.15) is 0 Å². The van der Waals surface area contributed by atoms with Gasteiger partial charge in [0.25, 0.3) is 0 Å². The van der Waals surface area contributed by atoms with E-state index in [1.54, 1.807) is 0 Å². The van der Waals surface area contributed by atoms with E-state index < -0.39 is 5.54 Å². The van der Waals surface area contributed by atoms with Crippen LogP contribution in [0.2, 0.25) is 0 Å². The molecule has 2 atom stereocenters. The highest BCUT2D eigenvalue weighted by Gasteiger charge is 2.49. The lowest BCUT2D eigenvalue weighted by Crippen LogP contribution is -2.69. The number of nitrogens with one attached hydrogen (secondary N) is 2. The molecule has 30 heavy (non-hydrogen) atoms. The molecule has 2 unspecified atom stereocenters. The molecule has 2 fully saturated rings. The summed E-state index contributed by atoms with van der Waals surface area (Å²) in [5, 5.41) is 6.04. The molecule has 0 aromatic heterocycles. The van der Waals surface area contributed by atoms with Crippen LogP contribution in [0.1, 0.15) is 31.7 Å². The Morgan fingerprint density at radius 2 is 1.97 bits per heavy atom. The predicted molar refractivity (Wildman–Crippen MR) is 116 cm³/mol. The van der Waals surface area contributed by atoms with E-state index in [4.69, 9.17) is 4.74 Å². The summed E-state index contributed by atoms with van der Waals surface area (Å²) in [6.07, 6.45) is 2.71. The normalized spacial score (nSPS) is 23.6. The Hall–Kier alpha value is -3.02. The first-order chi connectivity index (χ1) is 14.6. The van der Waals surface area contributed by atoms with Crippen LogP contribution in [0.25, 0.3) is 11.1 Å². The van der Waals surface area contributed by atoms with Crippen LogP contribution < -0.4 is 10.6 Å². The number of carbonyl (C=O) groups is 2. The Morgan fingerprint density at radius 3 is 2.73 bits per heavy atom. The molecule has 2 aliphatic heterocycles. The minimum atomic E-state index is -0.457. The van der Waals surface area contributed by atoms with Gasteiger partial charge in [-0.25, -0.2) is 9.59 Å². The molecule has 2 N–H and O–H groups in total. The number of carbonyl (C=O) groups excluding carboxylic acids is 2. The molecule has 2 aliphatic rings. The molecule has 158 valence electrons. The number of amides is 3. The number of cyclic esters (lactones) is 1. The number of rotatable bonds is 4.